The minimum Gasteiger partial charge on any atom is -0.456 e. The number of esters is 1. The van der Waals surface area contributed by atoms with Crippen molar-refractivity contribution >= 4 is 46.6 Å². The molecule has 1 aliphatic rings. The second kappa shape index (κ2) is 9.20. The van der Waals surface area contributed by atoms with Crippen molar-refractivity contribution in [1.82, 2.24) is 0 Å². The molecule has 9 nitrogen and oxygen atoms in total. The lowest BCUT2D eigenvalue weighted by atomic mass is 10.2. The second-order valence-electron chi connectivity index (χ2n) is 6.06. The van der Waals surface area contributed by atoms with Crippen LogP contribution in [0.2, 0.25) is 0 Å². The van der Waals surface area contributed by atoms with Gasteiger partial charge in [0.25, 0.3) is 11.6 Å². The molecule has 0 bridgehead atoms. The Morgan fingerprint density at radius 1 is 1.17 bits per heavy atom. The van der Waals surface area contributed by atoms with Gasteiger partial charge in [-0.05, 0) is 24.3 Å². The Labute approximate surface area is 170 Å². The first-order valence-electron chi connectivity index (χ1n) is 8.66. The summed E-state index contributed by atoms with van der Waals surface area (Å²) in [5.74, 6) is -0.947. The van der Waals surface area contributed by atoms with Crippen LogP contribution >= 0.6 is 11.8 Å². The average molecular weight is 415 g/mol. The van der Waals surface area contributed by atoms with Gasteiger partial charge in [0.15, 0.2) is 6.61 Å². The number of carbonyl (C=O) groups is 3. The van der Waals surface area contributed by atoms with E-state index in [2.05, 4.69) is 5.32 Å². The van der Waals surface area contributed by atoms with Crippen molar-refractivity contribution in [1.29, 1.82) is 0 Å². The molecule has 0 saturated carbocycles. The monoisotopic (exact) mass is 415 g/mol. The Bertz CT molecular complexity index is 947. The molecule has 2 aromatic rings. The molecule has 3 rings (SSSR count). The van der Waals surface area contributed by atoms with Crippen LogP contribution in [0.4, 0.5) is 17.1 Å². The van der Waals surface area contributed by atoms with Gasteiger partial charge in [0.05, 0.1) is 22.8 Å². The number of hydrogen-bond donors (Lipinski definition) is 1. The zero-order chi connectivity index (χ0) is 20.8. The van der Waals surface area contributed by atoms with Crippen molar-refractivity contribution < 1.29 is 24.0 Å². The summed E-state index contributed by atoms with van der Waals surface area (Å²) in [5.41, 5.74) is 1.02. The lowest BCUT2D eigenvalue weighted by molar-refractivity contribution is -0.384. The van der Waals surface area contributed by atoms with Crippen LogP contribution in [0.1, 0.15) is 6.42 Å². The molecule has 2 amide bonds. The lowest BCUT2D eigenvalue weighted by Gasteiger charge is -2.28. The number of non-ortho nitro benzene ring substituents is 1. The van der Waals surface area contributed by atoms with E-state index in [0.717, 1.165) is 10.6 Å². The summed E-state index contributed by atoms with van der Waals surface area (Å²) in [7, 11) is 0. The molecule has 2 aromatic carbocycles. The number of ether oxygens (including phenoxy) is 1. The van der Waals surface area contributed by atoms with Crippen molar-refractivity contribution in [3.8, 4) is 0 Å². The number of nitrogens with one attached hydrogen (secondary N) is 1. The van der Waals surface area contributed by atoms with Crippen LogP contribution < -0.4 is 10.2 Å². The van der Waals surface area contributed by atoms with E-state index < -0.39 is 23.4 Å². The number of benzene rings is 2. The van der Waals surface area contributed by atoms with Gasteiger partial charge in [0.2, 0.25) is 5.91 Å². The molecule has 29 heavy (non-hydrogen) atoms. The van der Waals surface area contributed by atoms with E-state index in [-0.39, 0.29) is 24.6 Å². The van der Waals surface area contributed by atoms with Crippen LogP contribution in [0.15, 0.2) is 53.4 Å². The minimum absolute atomic E-state index is 0.0461. The van der Waals surface area contributed by atoms with Crippen LogP contribution in [0.25, 0.3) is 0 Å². The quantitative estimate of drug-likeness (QED) is 0.419. The fourth-order valence-electron chi connectivity index (χ4n) is 2.68. The topological polar surface area (TPSA) is 119 Å². The molecule has 0 spiro atoms. The first kappa shape index (κ1) is 20.3. The third kappa shape index (κ3) is 5.32. The predicted molar refractivity (Wildman–Crippen MR) is 107 cm³/mol. The third-order valence-electron chi connectivity index (χ3n) is 4.07. The number of fused-ring (bicyclic) bond motifs is 1. The first-order chi connectivity index (χ1) is 13.9. The number of rotatable bonds is 7. The molecule has 0 fully saturated rings. The molecule has 0 aliphatic carbocycles. The number of thioether (sulfide) groups is 1. The average Bonchev–Trinajstić information content (AvgIpc) is 2.72. The Hall–Kier alpha value is -3.40. The van der Waals surface area contributed by atoms with E-state index >= 15 is 0 Å². The van der Waals surface area contributed by atoms with E-state index in [9.17, 15) is 24.5 Å². The zero-order valence-corrected chi connectivity index (χ0v) is 16.0. The minimum atomic E-state index is -0.604. The summed E-state index contributed by atoms with van der Waals surface area (Å²) in [6.07, 6.45) is -0.0461. The number of nitro benzene ring substituents is 1. The van der Waals surface area contributed by atoms with Gasteiger partial charge < -0.3 is 15.0 Å². The molecule has 0 unspecified atom stereocenters. The van der Waals surface area contributed by atoms with E-state index in [1.165, 1.54) is 36.0 Å². The van der Waals surface area contributed by atoms with Crippen LogP contribution in [0, 0.1) is 10.1 Å². The molecular formula is C19H17N3O6S. The van der Waals surface area contributed by atoms with E-state index in [1.807, 2.05) is 24.3 Å². The van der Waals surface area contributed by atoms with Crippen molar-refractivity contribution in [2.75, 3.05) is 29.1 Å². The van der Waals surface area contributed by atoms with E-state index in [1.54, 1.807) is 4.90 Å². The van der Waals surface area contributed by atoms with Gasteiger partial charge in [-0.1, -0.05) is 12.1 Å². The van der Waals surface area contributed by atoms with Gasteiger partial charge in [0.1, 0.15) is 0 Å². The van der Waals surface area contributed by atoms with Crippen LogP contribution in [0.5, 0.6) is 0 Å². The molecule has 150 valence electrons. The van der Waals surface area contributed by atoms with E-state index in [4.69, 9.17) is 4.74 Å². The SMILES string of the molecule is O=C(COC(=O)CCN1C(=O)CSc2ccccc21)Nc1ccc([N+](=O)[O-])cc1. The molecule has 0 aromatic heterocycles. The Morgan fingerprint density at radius 3 is 2.62 bits per heavy atom. The highest BCUT2D eigenvalue weighted by molar-refractivity contribution is 8.00. The highest BCUT2D eigenvalue weighted by Gasteiger charge is 2.25. The van der Waals surface area contributed by atoms with Gasteiger partial charge in [-0.15, -0.1) is 11.8 Å². The predicted octanol–water partition coefficient (Wildman–Crippen LogP) is 2.61. The van der Waals surface area contributed by atoms with Gasteiger partial charge >= 0.3 is 5.97 Å². The molecule has 1 aliphatic heterocycles. The summed E-state index contributed by atoms with van der Waals surface area (Å²) in [4.78, 5) is 48.6. The van der Waals surface area contributed by atoms with Gasteiger partial charge in [-0.2, -0.15) is 0 Å². The Balaban J connectivity index is 1.46. The van der Waals surface area contributed by atoms with Crippen molar-refractivity contribution in [2.45, 2.75) is 11.3 Å². The molecule has 10 heteroatoms. The summed E-state index contributed by atoms with van der Waals surface area (Å²) in [6.45, 7) is -0.324. The number of nitrogens with zero attached hydrogens (tertiary/aromatic N) is 2. The molecular weight excluding hydrogens is 398 g/mol. The maximum absolute atomic E-state index is 12.2. The van der Waals surface area contributed by atoms with E-state index in [0.29, 0.717) is 11.4 Å². The Kier molecular flexibility index (Phi) is 6.45. The van der Waals surface area contributed by atoms with Crippen LogP contribution in [-0.4, -0.2) is 41.6 Å². The molecule has 1 heterocycles. The molecule has 1 N–H and O–H groups in total. The normalized spacial score (nSPS) is 12.8. The van der Waals surface area contributed by atoms with Gasteiger partial charge in [0, 0.05) is 29.3 Å². The first-order valence-corrected chi connectivity index (χ1v) is 9.65. The van der Waals surface area contributed by atoms with Gasteiger partial charge in [-0.3, -0.25) is 24.5 Å². The standard InChI is InChI=1S/C19H17N3O6S/c23-17(20-13-5-7-14(8-6-13)22(26)27)11-28-19(25)9-10-21-15-3-1-2-4-16(15)29-12-18(21)24/h1-8H,9-12H2,(H,20,23). The fraction of sp³-hybridized carbons (Fsp3) is 0.211. The lowest BCUT2D eigenvalue weighted by Crippen LogP contribution is -2.37. The van der Waals surface area contributed by atoms with Crippen molar-refractivity contribution in [3.63, 3.8) is 0 Å². The summed E-state index contributed by atoms with van der Waals surface area (Å²) in [6, 6.07) is 12.7. The van der Waals surface area contributed by atoms with Crippen LogP contribution in [-0.2, 0) is 19.1 Å². The number of carbonyl (C=O) groups excluding carboxylic acids is 3. The number of anilines is 2. The summed E-state index contributed by atoms with van der Waals surface area (Å²) in [5, 5.41) is 13.1. The van der Waals surface area contributed by atoms with Gasteiger partial charge in [-0.25, -0.2) is 0 Å². The zero-order valence-electron chi connectivity index (χ0n) is 15.2. The Morgan fingerprint density at radius 2 is 1.90 bits per heavy atom. The number of nitro groups is 1. The molecule has 0 atom stereocenters. The number of para-hydroxylation sites is 1. The van der Waals surface area contributed by atoms with Crippen LogP contribution in [0.3, 0.4) is 0 Å². The summed E-state index contributed by atoms with van der Waals surface area (Å²) < 4.78 is 4.95. The number of hydrogen-bond acceptors (Lipinski definition) is 7. The maximum Gasteiger partial charge on any atom is 0.308 e. The van der Waals surface area contributed by atoms with Crippen molar-refractivity contribution in [3.05, 3.63) is 58.6 Å². The largest absolute Gasteiger partial charge is 0.456 e. The second-order valence-corrected chi connectivity index (χ2v) is 7.08. The van der Waals surface area contributed by atoms with Crippen molar-refractivity contribution in [2.24, 2.45) is 0 Å². The third-order valence-corrected chi connectivity index (χ3v) is 5.12. The highest BCUT2D eigenvalue weighted by atomic mass is 32.2. The smallest absolute Gasteiger partial charge is 0.308 e. The number of amides is 2. The summed E-state index contributed by atoms with van der Waals surface area (Å²) >= 11 is 1.45. The molecule has 0 saturated heterocycles. The fourth-order valence-corrected chi connectivity index (χ4v) is 3.62. The maximum atomic E-state index is 12.2. The molecule has 0 radical (unpaired) electrons. The highest BCUT2D eigenvalue weighted by Crippen LogP contribution is 2.34.